The molecule has 1 saturated heterocycles. The number of ether oxygens (including phenoxy) is 2. The number of carbonyl (C=O) groups is 1. The molecule has 0 bridgehead atoms. The fraction of sp³-hybridized carbons (Fsp3) is 0.571. The molecule has 1 rings (SSSR count). The summed E-state index contributed by atoms with van der Waals surface area (Å²) in [4.78, 5) is 10.9. The maximum absolute atomic E-state index is 10.9. The van der Waals surface area contributed by atoms with Gasteiger partial charge in [0.05, 0.1) is 13.2 Å². The number of hydrogen-bond acceptors (Lipinski definition) is 3. The highest BCUT2D eigenvalue weighted by molar-refractivity contribution is 5.69. The van der Waals surface area contributed by atoms with E-state index in [2.05, 4.69) is 48.1 Å². The van der Waals surface area contributed by atoms with Crippen LogP contribution >= 0.6 is 0 Å². The molecular formula is C21H32O3. The van der Waals surface area contributed by atoms with Crippen molar-refractivity contribution in [3.63, 3.8) is 0 Å². The lowest BCUT2D eigenvalue weighted by Crippen LogP contribution is -1.98. The zero-order chi connectivity index (χ0) is 17.5. The van der Waals surface area contributed by atoms with Crippen LogP contribution in [-0.2, 0) is 14.3 Å². The van der Waals surface area contributed by atoms with Crippen molar-refractivity contribution in [1.29, 1.82) is 0 Å². The first-order valence-corrected chi connectivity index (χ1v) is 9.15. The first-order valence-electron chi connectivity index (χ1n) is 9.15. The fourth-order valence-corrected chi connectivity index (χ4v) is 2.37. The molecule has 0 unspecified atom stereocenters. The third-order valence-electron chi connectivity index (χ3n) is 3.90. The molecule has 0 aromatic rings. The molecule has 0 spiro atoms. The van der Waals surface area contributed by atoms with E-state index in [-0.39, 0.29) is 5.97 Å². The smallest absolute Gasteiger partial charge is 0.305 e. The van der Waals surface area contributed by atoms with Gasteiger partial charge in [-0.3, -0.25) is 4.79 Å². The summed E-state index contributed by atoms with van der Waals surface area (Å²) in [6.07, 6.45) is 25.7. The zero-order valence-corrected chi connectivity index (χ0v) is 15.2. The molecule has 1 fully saturated rings. The van der Waals surface area contributed by atoms with Gasteiger partial charge in [-0.05, 0) is 25.7 Å². The lowest BCUT2D eigenvalue weighted by Gasteiger charge is -1.95. The van der Waals surface area contributed by atoms with Gasteiger partial charge in [-0.25, -0.2) is 0 Å². The van der Waals surface area contributed by atoms with Gasteiger partial charge in [0, 0.05) is 6.42 Å². The Hall–Kier alpha value is -1.61. The molecule has 0 saturated carbocycles. The van der Waals surface area contributed by atoms with Crippen molar-refractivity contribution in [1.82, 2.24) is 0 Å². The molecule has 3 nitrogen and oxygen atoms in total. The monoisotopic (exact) mass is 332 g/mol. The van der Waals surface area contributed by atoms with Crippen molar-refractivity contribution in [2.45, 2.75) is 70.5 Å². The molecule has 0 radical (unpaired) electrons. The third kappa shape index (κ3) is 11.0. The highest BCUT2D eigenvalue weighted by Gasteiger charge is 2.35. The Morgan fingerprint density at radius 1 is 1.04 bits per heavy atom. The number of methoxy groups -OCH3 is 1. The van der Waals surface area contributed by atoms with Crippen molar-refractivity contribution < 1.29 is 14.3 Å². The summed E-state index contributed by atoms with van der Waals surface area (Å²) in [6, 6.07) is 0. The van der Waals surface area contributed by atoms with Gasteiger partial charge in [0.2, 0.25) is 0 Å². The van der Waals surface area contributed by atoms with E-state index in [1.54, 1.807) is 0 Å². The molecule has 0 N–H and O–H groups in total. The van der Waals surface area contributed by atoms with Crippen LogP contribution in [0.1, 0.15) is 58.3 Å². The molecule has 134 valence electrons. The molecule has 2 atom stereocenters. The molecule has 1 aliphatic rings. The number of rotatable bonds is 13. The highest BCUT2D eigenvalue weighted by atomic mass is 16.6. The Bertz CT molecular complexity index is 446. The predicted molar refractivity (Wildman–Crippen MR) is 99.8 cm³/mol. The van der Waals surface area contributed by atoms with Crippen LogP contribution in [0.5, 0.6) is 0 Å². The fourth-order valence-electron chi connectivity index (χ4n) is 2.37. The van der Waals surface area contributed by atoms with Crippen LogP contribution in [0.4, 0.5) is 0 Å². The SMILES string of the molecule is CCCCC[C@@H]1O[C@H]1/C=C/C=C/C=C\C/C=C\CCCC(=O)OC. The van der Waals surface area contributed by atoms with Gasteiger partial charge in [-0.2, -0.15) is 0 Å². The van der Waals surface area contributed by atoms with Crippen LogP contribution in [0.25, 0.3) is 0 Å². The normalized spacial score (nSPS) is 20.8. The van der Waals surface area contributed by atoms with Crippen molar-refractivity contribution in [2.24, 2.45) is 0 Å². The van der Waals surface area contributed by atoms with Crippen LogP contribution in [-0.4, -0.2) is 25.3 Å². The second-order valence-electron chi connectivity index (χ2n) is 6.01. The second kappa shape index (κ2) is 13.8. The Labute approximate surface area is 147 Å². The molecule has 1 aliphatic heterocycles. The summed E-state index contributed by atoms with van der Waals surface area (Å²) in [7, 11) is 1.43. The van der Waals surface area contributed by atoms with Gasteiger partial charge in [0.1, 0.15) is 6.10 Å². The maximum atomic E-state index is 10.9. The second-order valence-corrected chi connectivity index (χ2v) is 6.01. The molecular weight excluding hydrogens is 300 g/mol. The van der Waals surface area contributed by atoms with Crippen LogP contribution in [0.2, 0.25) is 0 Å². The van der Waals surface area contributed by atoms with Gasteiger partial charge in [0.15, 0.2) is 0 Å². The van der Waals surface area contributed by atoms with Crippen molar-refractivity contribution in [3.8, 4) is 0 Å². The number of epoxide rings is 1. The summed E-state index contributed by atoms with van der Waals surface area (Å²) in [5.74, 6) is -0.134. The van der Waals surface area contributed by atoms with E-state index < -0.39 is 0 Å². The van der Waals surface area contributed by atoms with E-state index in [0.29, 0.717) is 18.6 Å². The number of allylic oxidation sites excluding steroid dienone is 7. The van der Waals surface area contributed by atoms with Crippen molar-refractivity contribution in [2.75, 3.05) is 7.11 Å². The summed E-state index contributed by atoms with van der Waals surface area (Å²) >= 11 is 0. The summed E-state index contributed by atoms with van der Waals surface area (Å²) < 4.78 is 10.2. The van der Waals surface area contributed by atoms with Crippen molar-refractivity contribution in [3.05, 3.63) is 48.6 Å². The minimum atomic E-state index is -0.134. The first kappa shape index (κ1) is 20.4. The maximum Gasteiger partial charge on any atom is 0.305 e. The first-order chi connectivity index (χ1) is 11.8. The Morgan fingerprint density at radius 3 is 2.67 bits per heavy atom. The van der Waals surface area contributed by atoms with Gasteiger partial charge < -0.3 is 9.47 Å². The van der Waals surface area contributed by atoms with Gasteiger partial charge in [-0.1, -0.05) is 74.8 Å². The topological polar surface area (TPSA) is 38.8 Å². The van der Waals surface area contributed by atoms with Crippen molar-refractivity contribution >= 4 is 5.97 Å². The molecule has 0 amide bonds. The average Bonchev–Trinajstić information content (AvgIpc) is 3.34. The Kier molecular flexibility index (Phi) is 11.7. The number of hydrogen-bond donors (Lipinski definition) is 0. The minimum absolute atomic E-state index is 0.134. The van der Waals surface area contributed by atoms with E-state index in [1.165, 1.54) is 32.8 Å². The standard InChI is InChI=1S/C21H32O3/c1-3-4-13-16-19-20(24-19)17-14-11-9-7-5-6-8-10-12-15-18-21(22)23-2/h5,7-11,14,17,19-20H,3-4,6,12-13,15-16,18H2,1-2H3/b7-5-,10-8-,11-9+,17-14+/t19-,20-/m0/s1. The quantitative estimate of drug-likeness (QED) is 0.151. The van der Waals surface area contributed by atoms with Crippen LogP contribution in [0.15, 0.2) is 48.6 Å². The van der Waals surface area contributed by atoms with E-state index in [1.807, 2.05) is 12.2 Å². The predicted octanol–water partition coefficient (Wildman–Crippen LogP) is 5.29. The summed E-state index contributed by atoms with van der Waals surface area (Å²) in [6.45, 7) is 2.23. The average molecular weight is 332 g/mol. The number of unbranched alkanes of at least 4 members (excludes halogenated alkanes) is 3. The zero-order valence-electron chi connectivity index (χ0n) is 15.2. The molecule has 1 heterocycles. The largest absolute Gasteiger partial charge is 0.469 e. The number of carbonyl (C=O) groups excluding carboxylic acids is 1. The Balaban J connectivity index is 1.98. The highest BCUT2D eigenvalue weighted by Crippen LogP contribution is 2.28. The van der Waals surface area contributed by atoms with E-state index >= 15 is 0 Å². The summed E-state index contributed by atoms with van der Waals surface area (Å²) in [5, 5.41) is 0. The van der Waals surface area contributed by atoms with E-state index in [9.17, 15) is 4.79 Å². The van der Waals surface area contributed by atoms with Gasteiger partial charge in [0.25, 0.3) is 0 Å². The van der Waals surface area contributed by atoms with E-state index in [0.717, 1.165) is 19.3 Å². The van der Waals surface area contributed by atoms with Crippen LogP contribution in [0, 0.1) is 0 Å². The number of esters is 1. The third-order valence-corrected chi connectivity index (χ3v) is 3.90. The van der Waals surface area contributed by atoms with Crippen LogP contribution < -0.4 is 0 Å². The minimum Gasteiger partial charge on any atom is -0.469 e. The summed E-state index contributed by atoms with van der Waals surface area (Å²) in [5.41, 5.74) is 0. The van der Waals surface area contributed by atoms with Gasteiger partial charge >= 0.3 is 5.97 Å². The molecule has 3 heteroatoms. The lowest BCUT2D eigenvalue weighted by molar-refractivity contribution is -0.140. The molecule has 0 aromatic heterocycles. The molecule has 0 aromatic carbocycles. The van der Waals surface area contributed by atoms with Gasteiger partial charge in [-0.15, -0.1) is 0 Å². The Morgan fingerprint density at radius 2 is 1.88 bits per heavy atom. The molecule has 24 heavy (non-hydrogen) atoms. The van der Waals surface area contributed by atoms with E-state index in [4.69, 9.17) is 4.74 Å². The van der Waals surface area contributed by atoms with Crippen LogP contribution in [0.3, 0.4) is 0 Å². The lowest BCUT2D eigenvalue weighted by atomic mass is 10.1. The molecule has 0 aliphatic carbocycles.